The third-order valence-corrected chi connectivity index (χ3v) is 2.12. The van der Waals surface area contributed by atoms with Crippen molar-refractivity contribution >= 4 is 5.71 Å². The molecule has 1 aliphatic carbocycles. The van der Waals surface area contributed by atoms with E-state index in [9.17, 15) is 0 Å². The smallest absolute Gasteiger partial charge is 0.0678 e. The summed E-state index contributed by atoms with van der Waals surface area (Å²) in [6.45, 7) is 0. The maximum atomic E-state index is 5.24. The van der Waals surface area contributed by atoms with E-state index in [1.807, 2.05) is 6.07 Å². The van der Waals surface area contributed by atoms with Crippen LogP contribution in [0.25, 0.3) is 0 Å². The Morgan fingerprint density at radius 1 is 1.18 bits per heavy atom. The van der Waals surface area contributed by atoms with Gasteiger partial charge in [0.2, 0.25) is 0 Å². The Labute approximate surface area is 65.7 Å². The minimum atomic E-state index is 0.996. The van der Waals surface area contributed by atoms with Gasteiger partial charge in [-0.05, 0) is 18.4 Å². The molecule has 0 heterocycles. The molecule has 2 rings (SSSR count). The maximum absolute atomic E-state index is 5.24. The molecule has 0 aliphatic heterocycles. The first-order valence-electron chi connectivity index (χ1n) is 3.77. The third kappa shape index (κ3) is 0.909. The molecule has 1 aliphatic rings. The Morgan fingerprint density at radius 2 is 2.00 bits per heavy atom. The molecule has 0 amide bonds. The highest BCUT2D eigenvalue weighted by molar-refractivity contribution is 6.04. The van der Waals surface area contributed by atoms with Crippen molar-refractivity contribution in [3.05, 3.63) is 35.4 Å². The first-order chi connectivity index (χ1) is 5.42. The molecule has 0 bridgehead atoms. The van der Waals surface area contributed by atoms with Crippen LogP contribution in [0.15, 0.2) is 29.4 Å². The van der Waals surface area contributed by atoms with E-state index in [0.29, 0.717) is 0 Å². The van der Waals surface area contributed by atoms with Crippen LogP contribution < -0.4 is 5.84 Å². The lowest BCUT2D eigenvalue weighted by Crippen LogP contribution is -1.97. The number of aryl methyl sites for hydroxylation is 1. The summed E-state index contributed by atoms with van der Waals surface area (Å²) in [5.74, 6) is 5.24. The van der Waals surface area contributed by atoms with E-state index in [1.165, 1.54) is 11.1 Å². The number of benzene rings is 1. The molecule has 0 aromatic heterocycles. The first kappa shape index (κ1) is 6.40. The number of hydrogen-bond donors (Lipinski definition) is 1. The SMILES string of the molecule is N/N=C1/CCc2ccccc21. The van der Waals surface area contributed by atoms with Gasteiger partial charge in [-0.1, -0.05) is 24.3 Å². The van der Waals surface area contributed by atoms with E-state index in [1.54, 1.807) is 0 Å². The summed E-state index contributed by atoms with van der Waals surface area (Å²) in [6, 6.07) is 8.29. The monoisotopic (exact) mass is 146 g/mol. The van der Waals surface area contributed by atoms with Gasteiger partial charge < -0.3 is 5.84 Å². The first-order valence-corrected chi connectivity index (χ1v) is 3.77. The molecule has 2 nitrogen and oxygen atoms in total. The van der Waals surface area contributed by atoms with Gasteiger partial charge >= 0.3 is 0 Å². The number of rotatable bonds is 0. The fraction of sp³-hybridized carbons (Fsp3) is 0.222. The molecular weight excluding hydrogens is 136 g/mol. The van der Waals surface area contributed by atoms with E-state index in [0.717, 1.165) is 18.6 Å². The van der Waals surface area contributed by atoms with Gasteiger partial charge in [0.05, 0.1) is 5.71 Å². The summed E-state index contributed by atoms with van der Waals surface area (Å²) in [5.41, 5.74) is 3.65. The topological polar surface area (TPSA) is 38.4 Å². The second-order valence-electron chi connectivity index (χ2n) is 2.73. The lowest BCUT2D eigenvalue weighted by Gasteiger charge is -1.95. The molecule has 0 spiro atoms. The van der Waals surface area contributed by atoms with Gasteiger partial charge in [-0.2, -0.15) is 5.10 Å². The van der Waals surface area contributed by atoms with Crippen molar-refractivity contribution in [2.24, 2.45) is 10.9 Å². The molecule has 0 saturated carbocycles. The number of hydrogen-bond acceptors (Lipinski definition) is 2. The van der Waals surface area contributed by atoms with Crippen LogP contribution in [0.1, 0.15) is 17.5 Å². The van der Waals surface area contributed by atoms with E-state index >= 15 is 0 Å². The number of nitrogens with zero attached hydrogens (tertiary/aromatic N) is 1. The quantitative estimate of drug-likeness (QED) is 0.434. The summed E-state index contributed by atoms with van der Waals surface area (Å²) in [7, 11) is 0. The van der Waals surface area contributed by atoms with Crippen LogP contribution in [0.3, 0.4) is 0 Å². The minimum Gasteiger partial charge on any atom is -0.323 e. The van der Waals surface area contributed by atoms with Crippen molar-refractivity contribution in [3.63, 3.8) is 0 Å². The predicted molar refractivity (Wildman–Crippen MR) is 45.5 cm³/mol. The van der Waals surface area contributed by atoms with Gasteiger partial charge in [0.15, 0.2) is 0 Å². The van der Waals surface area contributed by atoms with Gasteiger partial charge in [0.1, 0.15) is 0 Å². The van der Waals surface area contributed by atoms with Crippen molar-refractivity contribution < 1.29 is 0 Å². The molecular formula is C9H10N2. The Hall–Kier alpha value is -1.31. The highest BCUT2D eigenvalue weighted by Gasteiger charge is 2.15. The Bertz CT molecular complexity index is 302. The molecule has 0 saturated heterocycles. The molecule has 11 heavy (non-hydrogen) atoms. The summed E-state index contributed by atoms with van der Waals surface area (Å²) < 4.78 is 0. The highest BCUT2D eigenvalue weighted by atomic mass is 15.1. The van der Waals surface area contributed by atoms with Crippen molar-refractivity contribution in [1.82, 2.24) is 0 Å². The molecule has 1 aromatic carbocycles. The van der Waals surface area contributed by atoms with Crippen LogP contribution >= 0.6 is 0 Å². The fourth-order valence-corrected chi connectivity index (χ4v) is 1.54. The van der Waals surface area contributed by atoms with Crippen LogP contribution in [0.2, 0.25) is 0 Å². The highest BCUT2D eigenvalue weighted by Crippen LogP contribution is 2.21. The van der Waals surface area contributed by atoms with Crippen molar-refractivity contribution in [2.45, 2.75) is 12.8 Å². The molecule has 2 heteroatoms. The third-order valence-electron chi connectivity index (χ3n) is 2.12. The predicted octanol–water partition coefficient (Wildman–Crippen LogP) is 1.30. The van der Waals surface area contributed by atoms with Crippen LogP contribution in [-0.2, 0) is 6.42 Å². The van der Waals surface area contributed by atoms with Gasteiger partial charge in [-0.25, -0.2) is 0 Å². The second-order valence-corrected chi connectivity index (χ2v) is 2.73. The van der Waals surface area contributed by atoms with E-state index < -0.39 is 0 Å². The average Bonchev–Trinajstić information content (AvgIpc) is 2.47. The van der Waals surface area contributed by atoms with E-state index in [2.05, 4.69) is 23.3 Å². The zero-order chi connectivity index (χ0) is 7.68. The second kappa shape index (κ2) is 2.38. The van der Waals surface area contributed by atoms with Crippen LogP contribution in [-0.4, -0.2) is 5.71 Å². The number of fused-ring (bicyclic) bond motifs is 1. The van der Waals surface area contributed by atoms with Crippen LogP contribution in [0, 0.1) is 0 Å². The minimum absolute atomic E-state index is 0.996. The van der Waals surface area contributed by atoms with Gasteiger partial charge in [0, 0.05) is 5.56 Å². The molecule has 0 unspecified atom stereocenters. The largest absolute Gasteiger partial charge is 0.323 e. The average molecular weight is 146 g/mol. The summed E-state index contributed by atoms with van der Waals surface area (Å²) in [6.07, 6.45) is 2.09. The molecule has 1 aromatic rings. The standard InChI is InChI=1S/C9H10N2/c10-11-9-6-5-7-3-1-2-4-8(7)9/h1-4H,5-6,10H2/b11-9-. The van der Waals surface area contributed by atoms with Gasteiger partial charge in [0.25, 0.3) is 0 Å². The lowest BCUT2D eigenvalue weighted by molar-refractivity contribution is 1.08. The van der Waals surface area contributed by atoms with Crippen LogP contribution in [0.5, 0.6) is 0 Å². The molecule has 0 atom stereocenters. The Morgan fingerprint density at radius 3 is 2.82 bits per heavy atom. The summed E-state index contributed by atoms with van der Waals surface area (Å²) in [5, 5.41) is 3.75. The maximum Gasteiger partial charge on any atom is 0.0678 e. The zero-order valence-electron chi connectivity index (χ0n) is 6.25. The van der Waals surface area contributed by atoms with Crippen LogP contribution in [0.4, 0.5) is 0 Å². The molecule has 56 valence electrons. The Kier molecular flexibility index (Phi) is 1.39. The Balaban J connectivity index is 2.55. The van der Waals surface area contributed by atoms with E-state index in [4.69, 9.17) is 5.84 Å². The molecule has 0 fully saturated rings. The molecule has 2 N–H and O–H groups in total. The van der Waals surface area contributed by atoms with Crippen molar-refractivity contribution in [2.75, 3.05) is 0 Å². The van der Waals surface area contributed by atoms with Crippen molar-refractivity contribution in [3.8, 4) is 0 Å². The number of nitrogens with two attached hydrogens (primary N) is 1. The zero-order valence-corrected chi connectivity index (χ0v) is 6.25. The number of hydrazone groups is 1. The fourth-order valence-electron chi connectivity index (χ4n) is 1.54. The van der Waals surface area contributed by atoms with Gasteiger partial charge in [-0.3, -0.25) is 0 Å². The van der Waals surface area contributed by atoms with Gasteiger partial charge in [-0.15, -0.1) is 0 Å². The summed E-state index contributed by atoms with van der Waals surface area (Å²) in [4.78, 5) is 0. The summed E-state index contributed by atoms with van der Waals surface area (Å²) >= 11 is 0. The molecule has 0 radical (unpaired) electrons. The normalized spacial score (nSPS) is 18.7. The van der Waals surface area contributed by atoms with Crippen molar-refractivity contribution in [1.29, 1.82) is 0 Å². The lowest BCUT2D eigenvalue weighted by atomic mass is 10.1. The van der Waals surface area contributed by atoms with E-state index in [-0.39, 0.29) is 0 Å².